The van der Waals surface area contributed by atoms with Crippen molar-refractivity contribution in [1.29, 1.82) is 0 Å². The van der Waals surface area contributed by atoms with Gasteiger partial charge >= 0.3 is 12.1 Å². The van der Waals surface area contributed by atoms with Gasteiger partial charge in [-0.3, -0.25) is 10.6 Å². The molecule has 0 spiro atoms. The van der Waals surface area contributed by atoms with Crippen LogP contribution < -0.4 is 10.6 Å². The van der Waals surface area contributed by atoms with E-state index in [4.69, 9.17) is 46.8 Å². The minimum Gasteiger partial charge on any atom is -0.296 e. The highest BCUT2D eigenvalue weighted by molar-refractivity contribution is 6.46. The third-order valence-electron chi connectivity index (χ3n) is 1.87. The monoisotopic (exact) mass is 278 g/mol. The summed E-state index contributed by atoms with van der Waals surface area (Å²) in [6.07, 6.45) is 0. The summed E-state index contributed by atoms with van der Waals surface area (Å²) >= 11 is 22.8. The Morgan fingerprint density at radius 1 is 1.00 bits per heavy atom. The second-order valence-corrected chi connectivity index (χ2v) is 4.44. The van der Waals surface area contributed by atoms with Crippen LogP contribution in [0, 0.1) is 0 Å². The predicted molar refractivity (Wildman–Crippen MR) is 49.6 cm³/mol. The molecule has 2 aliphatic rings. The van der Waals surface area contributed by atoms with Gasteiger partial charge in [-0.05, 0) is 0 Å². The van der Waals surface area contributed by atoms with E-state index in [1.807, 2.05) is 0 Å². The first kappa shape index (κ1) is 10.2. The molecule has 2 heterocycles. The van der Waals surface area contributed by atoms with Crippen molar-refractivity contribution in [3.63, 3.8) is 0 Å². The predicted octanol–water partition coefficient (Wildman–Crippen LogP) is 1.13. The average Bonchev–Trinajstić information content (AvgIpc) is 2.40. The van der Waals surface area contributed by atoms with Crippen LogP contribution in [0.15, 0.2) is 0 Å². The highest BCUT2D eigenvalue weighted by Crippen LogP contribution is 2.48. The van der Waals surface area contributed by atoms with E-state index in [2.05, 4.69) is 10.6 Å². The van der Waals surface area contributed by atoms with Crippen molar-refractivity contribution in [2.24, 2.45) is 0 Å². The van der Waals surface area contributed by atoms with E-state index < -0.39 is 22.3 Å². The van der Waals surface area contributed by atoms with Gasteiger partial charge in [-0.2, -0.15) is 8.84 Å². The molecule has 78 valence electrons. The number of nitrogens with one attached hydrogen (secondary N) is 2. The summed E-state index contributed by atoms with van der Waals surface area (Å²) in [5.41, 5.74) is 0. The van der Waals surface area contributed by atoms with E-state index in [1.54, 1.807) is 0 Å². The van der Waals surface area contributed by atoms with Gasteiger partial charge in [0.25, 0.3) is 10.2 Å². The number of rotatable bonds is 0. The lowest BCUT2D eigenvalue weighted by molar-refractivity contribution is 0.213. The number of hydrogen-bond acceptors (Lipinski definition) is 2. The maximum atomic E-state index is 11.3. The summed E-state index contributed by atoms with van der Waals surface area (Å²) in [6, 6.07) is -1.52. The van der Waals surface area contributed by atoms with Crippen LogP contribution in [0.4, 0.5) is 9.59 Å². The smallest absolute Gasteiger partial charge is 0.296 e. The van der Waals surface area contributed by atoms with Gasteiger partial charge in [0, 0.05) is 23.6 Å². The van der Waals surface area contributed by atoms with E-state index in [1.165, 1.54) is 0 Å². The van der Waals surface area contributed by atoms with Gasteiger partial charge in [-0.15, -0.1) is 0 Å². The molecule has 0 aromatic rings. The van der Waals surface area contributed by atoms with Crippen molar-refractivity contribution in [2.45, 2.75) is 10.2 Å². The van der Waals surface area contributed by atoms with Crippen LogP contribution in [0.5, 0.6) is 0 Å². The van der Waals surface area contributed by atoms with Gasteiger partial charge in [0.2, 0.25) is 0 Å². The number of carbonyl (C=O) groups is 2. The number of hydrogen-bond donors (Lipinski definition) is 2. The molecule has 0 saturated carbocycles. The lowest BCUT2D eigenvalue weighted by Crippen LogP contribution is -2.56. The molecule has 4 amide bonds. The highest BCUT2D eigenvalue weighted by Gasteiger charge is 2.72. The van der Waals surface area contributed by atoms with Gasteiger partial charge in [0.05, 0.1) is 0 Å². The normalized spacial score (nSPS) is 41.1. The Kier molecular flexibility index (Phi) is 1.92. The lowest BCUT2D eigenvalue weighted by atomic mass is 10.4. The van der Waals surface area contributed by atoms with Crippen molar-refractivity contribution >= 4 is 58.8 Å². The number of urea groups is 2. The van der Waals surface area contributed by atoms with Crippen LogP contribution in [0.25, 0.3) is 0 Å². The highest BCUT2D eigenvalue weighted by atomic mass is 35.5. The molecule has 14 heavy (non-hydrogen) atoms. The summed E-state index contributed by atoms with van der Waals surface area (Å²) in [7, 11) is 0. The van der Waals surface area contributed by atoms with Crippen molar-refractivity contribution in [2.75, 3.05) is 0 Å². The Morgan fingerprint density at radius 3 is 1.71 bits per heavy atom. The van der Waals surface area contributed by atoms with E-state index in [9.17, 15) is 9.59 Å². The third kappa shape index (κ3) is 0.894. The van der Waals surface area contributed by atoms with E-state index in [0.717, 1.165) is 0 Å². The summed E-state index contributed by atoms with van der Waals surface area (Å²) < 4.78 is 1.01. The second-order valence-electron chi connectivity index (χ2n) is 2.67. The van der Waals surface area contributed by atoms with Crippen molar-refractivity contribution in [3.8, 4) is 0 Å². The molecule has 0 aliphatic carbocycles. The number of halogens is 4. The molecular formula is C4H2Cl4N4O2. The zero-order valence-corrected chi connectivity index (χ0v) is 9.25. The standard InChI is InChI=1S/C4H2Cl4N4O2/c5-3-4(6,10-1(13)9-3)12(8)2(14)11(3)7/h(H2,9,10,13). The first-order valence-corrected chi connectivity index (χ1v) is 4.70. The summed E-state index contributed by atoms with van der Waals surface area (Å²) in [5.74, 6) is 0. The lowest BCUT2D eigenvalue weighted by Gasteiger charge is -2.28. The molecule has 10 heteroatoms. The van der Waals surface area contributed by atoms with Crippen molar-refractivity contribution in [3.05, 3.63) is 0 Å². The maximum Gasteiger partial charge on any atom is 0.355 e. The fourth-order valence-corrected chi connectivity index (χ4v) is 2.38. The number of alkyl halides is 2. The van der Waals surface area contributed by atoms with Crippen LogP contribution >= 0.6 is 46.8 Å². The average molecular weight is 280 g/mol. The molecule has 2 rings (SSSR count). The van der Waals surface area contributed by atoms with Crippen LogP contribution in [-0.4, -0.2) is 31.1 Å². The molecule has 2 unspecified atom stereocenters. The van der Waals surface area contributed by atoms with E-state index in [0.29, 0.717) is 8.84 Å². The number of fused-ring (bicyclic) bond motifs is 1. The van der Waals surface area contributed by atoms with Crippen molar-refractivity contribution < 1.29 is 9.59 Å². The molecular weight excluding hydrogens is 278 g/mol. The summed E-state index contributed by atoms with van der Waals surface area (Å²) in [4.78, 5) is 22.3. The quantitative estimate of drug-likeness (QED) is 0.397. The number of carbonyl (C=O) groups excluding carboxylic acids is 2. The Labute approximate surface area is 98.2 Å². The van der Waals surface area contributed by atoms with Gasteiger partial charge < -0.3 is 0 Å². The SMILES string of the molecule is O=C1NC2(Cl)N(Cl)C(=O)N(Cl)C2(Cl)N1. The molecule has 2 fully saturated rings. The molecule has 0 bridgehead atoms. The first-order valence-electron chi connectivity index (χ1n) is 3.27. The number of nitrogens with zero attached hydrogens (tertiary/aromatic N) is 2. The van der Waals surface area contributed by atoms with Gasteiger partial charge in [-0.25, -0.2) is 9.59 Å². The Bertz CT molecular complexity index is 311. The Morgan fingerprint density at radius 2 is 1.36 bits per heavy atom. The third-order valence-corrected chi connectivity index (χ3v) is 4.01. The van der Waals surface area contributed by atoms with Crippen molar-refractivity contribution in [1.82, 2.24) is 19.5 Å². The fourth-order valence-electron chi connectivity index (χ4n) is 1.20. The molecule has 0 aromatic carbocycles. The molecule has 2 aliphatic heterocycles. The molecule has 2 atom stereocenters. The minimum atomic E-state index is -1.81. The van der Waals surface area contributed by atoms with Crippen LogP contribution in [0.2, 0.25) is 0 Å². The molecule has 0 radical (unpaired) electrons. The summed E-state index contributed by atoms with van der Waals surface area (Å²) in [5, 5.41) is 0.721. The molecule has 2 saturated heterocycles. The van der Waals surface area contributed by atoms with Gasteiger partial charge in [0.1, 0.15) is 0 Å². The van der Waals surface area contributed by atoms with Crippen LogP contribution in [-0.2, 0) is 0 Å². The van der Waals surface area contributed by atoms with Crippen LogP contribution in [0.3, 0.4) is 0 Å². The molecule has 2 N–H and O–H groups in total. The maximum absolute atomic E-state index is 11.3. The second kappa shape index (κ2) is 2.63. The first-order chi connectivity index (χ1) is 6.33. The van der Waals surface area contributed by atoms with Crippen LogP contribution in [0.1, 0.15) is 0 Å². The van der Waals surface area contributed by atoms with E-state index >= 15 is 0 Å². The van der Waals surface area contributed by atoms with E-state index in [-0.39, 0.29) is 0 Å². The zero-order chi connectivity index (χ0) is 10.7. The Balaban J connectivity index is 2.52. The topological polar surface area (TPSA) is 64.7 Å². The summed E-state index contributed by atoms with van der Waals surface area (Å²) in [6.45, 7) is 0. The minimum absolute atomic E-state index is 0.506. The number of amides is 4. The molecule has 6 nitrogen and oxygen atoms in total. The molecule has 0 aromatic heterocycles. The largest absolute Gasteiger partial charge is 0.355 e. The zero-order valence-electron chi connectivity index (χ0n) is 6.22. The fraction of sp³-hybridized carbons (Fsp3) is 0.500. The Hall–Kier alpha value is -0.300. The van der Waals surface area contributed by atoms with Gasteiger partial charge in [-0.1, -0.05) is 23.2 Å². The van der Waals surface area contributed by atoms with Gasteiger partial charge in [0.15, 0.2) is 0 Å².